The van der Waals surface area contributed by atoms with Crippen LogP contribution < -0.4 is 10.1 Å². The molecule has 5 rings (SSSR count). The Balaban J connectivity index is 1.37. The molecule has 2 aliphatic rings. The molecule has 0 radical (unpaired) electrons. The van der Waals surface area contributed by atoms with Crippen molar-refractivity contribution in [2.24, 2.45) is 5.92 Å². The molecule has 0 unspecified atom stereocenters. The molecule has 3 nitrogen and oxygen atoms in total. The molecule has 2 atom stereocenters. The Morgan fingerprint density at radius 3 is 2.63 bits per heavy atom. The van der Waals surface area contributed by atoms with Crippen LogP contribution in [0, 0.1) is 11.7 Å². The maximum absolute atomic E-state index is 13.0. The predicted octanol–water partition coefficient (Wildman–Crippen LogP) is 6.07. The standard InChI is InChI=1S/C25H24FNO2S/c1-15-2-11-20-22(12-15)30-25-24(20)21(13-23(28)27-25)17-5-9-19(10-6-17)29-14-16-3-7-18(26)8-4-16/h3-10,15,21H,2,11-14H2,1H3,(H,27,28)/t15-,21-/m0/s1. The van der Waals surface area contributed by atoms with E-state index in [4.69, 9.17) is 4.74 Å². The Morgan fingerprint density at radius 1 is 1.10 bits per heavy atom. The van der Waals surface area contributed by atoms with Crippen LogP contribution in [0.25, 0.3) is 0 Å². The number of thiophene rings is 1. The summed E-state index contributed by atoms with van der Waals surface area (Å²) in [7, 11) is 0. The molecule has 0 saturated carbocycles. The number of fused-ring (bicyclic) bond motifs is 3. The van der Waals surface area contributed by atoms with Gasteiger partial charge < -0.3 is 10.1 Å². The first kappa shape index (κ1) is 19.3. The zero-order chi connectivity index (χ0) is 20.7. The summed E-state index contributed by atoms with van der Waals surface area (Å²) in [6, 6.07) is 14.4. The normalized spacial score (nSPS) is 20.3. The molecule has 154 valence electrons. The third-order valence-corrected chi connectivity index (χ3v) is 7.33. The van der Waals surface area contributed by atoms with Gasteiger partial charge in [-0.15, -0.1) is 11.3 Å². The van der Waals surface area contributed by atoms with E-state index in [9.17, 15) is 9.18 Å². The molecular weight excluding hydrogens is 397 g/mol. The number of anilines is 1. The fourth-order valence-electron chi connectivity index (χ4n) is 4.53. The molecule has 0 fully saturated rings. The second kappa shape index (κ2) is 7.88. The van der Waals surface area contributed by atoms with Crippen molar-refractivity contribution in [3.63, 3.8) is 0 Å². The second-order valence-corrected chi connectivity index (χ2v) is 9.49. The Morgan fingerprint density at radius 2 is 1.87 bits per heavy atom. The van der Waals surface area contributed by atoms with E-state index in [1.165, 1.54) is 34.6 Å². The van der Waals surface area contributed by atoms with Crippen LogP contribution in [-0.4, -0.2) is 5.91 Å². The minimum atomic E-state index is -0.246. The molecule has 0 spiro atoms. The lowest BCUT2D eigenvalue weighted by atomic mass is 9.80. The number of amides is 1. The molecule has 1 aliphatic carbocycles. The van der Waals surface area contributed by atoms with Crippen LogP contribution in [-0.2, 0) is 24.2 Å². The van der Waals surface area contributed by atoms with Gasteiger partial charge in [-0.25, -0.2) is 4.39 Å². The lowest BCUT2D eigenvalue weighted by Gasteiger charge is -2.26. The highest BCUT2D eigenvalue weighted by Crippen LogP contribution is 2.48. The molecule has 1 amide bonds. The highest BCUT2D eigenvalue weighted by molar-refractivity contribution is 7.16. The van der Waals surface area contributed by atoms with Crippen molar-refractivity contribution in [1.82, 2.24) is 0 Å². The van der Waals surface area contributed by atoms with E-state index in [2.05, 4.69) is 24.4 Å². The number of benzene rings is 2. The number of ether oxygens (including phenoxy) is 1. The summed E-state index contributed by atoms with van der Waals surface area (Å²) in [6.45, 7) is 2.70. The van der Waals surface area contributed by atoms with Gasteiger partial charge in [0.05, 0.1) is 5.00 Å². The number of hydrogen-bond acceptors (Lipinski definition) is 3. The number of hydrogen-bond donors (Lipinski definition) is 1. The van der Waals surface area contributed by atoms with Crippen molar-refractivity contribution in [2.45, 2.75) is 45.1 Å². The molecule has 1 aliphatic heterocycles. The third kappa shape index (κ3) is 3.74. The summed E-state index contributed by atoms with van der Waals surface area (Å²) in [4.78, 5) is 13.8. The van der Waals surface area contributed by atoms with Gasteiger partial charge in [-0.2, -0.15) is 0 Å². The third-order valence-electron chi connectivity index (χ3n) is 6.14. The summed E-state index contributed by atoms with van der Waals surface area (Å²) in [5, 5.41) is 4.16. The van der Waals surface area contributed by atoms with Gasteiger partial charge in [0.15, 0.2) is 0 Å². The van der Waals surface area contributed by atoms with Gasteiger partial charge in [0.1, 0.15) is 18.2 Å². The van der Waals surface area contributed by atoms with Crippen molar-refractivity contribution >= 4 is 22.2 Å². The molecule has 2 heterocycles. The second-order valence-electron chi connectivity index (χ2n) is 8.38. The zero-order valence-corrected chi connectivity index (χ0v) is 17.7. The molecule has 0 bridgehead atoms. The van der Waals surface area contributed by atoms with Crippen LogP contribution in [0.1, 0.15) is 52.8 Å². The fraction of sp³-hybridized carbons (Fsp3) is 0.320. The highest BCUT2D eigenvalue weighted by atomic mass is 32.1. The first-order chi connectivity index (χ1) is 14.6. The van der Waals surface area contributed by atoms with E-state index in [0.29, 0.717) is 18.9 Å². The van der Waals surface area contributed by atoms with Gasteiger partial charge in [-0.1, -0.05) is 31.2 Å². The average Bonchev–Trinajstić information content (AvgIpc) is 3.10. The van der Waals surface area contributed by atoms with Crippen molar-refractivity contribution in [1.29, 1.82) is 0 Å². The van der Waals surface area contributed by atoms with Crippen LogP contribution in [0.4, 0.5) is 9.39 Å². The van der Waals surface area contributed by atoms with Gasteiger partial charge >= 0.3 is 0 Å². The lowest BCUT2D eigenvalue weighted by Crippen LogP contribution is -2.23. The highest BCUT2D eigenvalue weighted by Gasteiger charge is 2.34. The number of halogens is 1. The van der Waals surface area contributed by atoms with Gasteiger partial charge in [-0.3, -0.25) is 4.79 Å². The average molecular weight is 422 g/mol. The van der Waals surface area contributed by atoms with Gasteiger partial charge in [0.2, 0.25) is 5.91 Å². The first-order valence-corrected chi connectivity index (χ1v) is 11.3. The van der Waals surface area contributed by atoms with E-state index < -0.39 is 0 Å². The summed E-state index contributed by atoms with van der Waals surface area (Å²) >= 11 is 1.77. The maximum atomic E-state index is 13.0. The minimum Gasteiger partial charge on any atom is -0.489 e. The Hall–Kier alpha value is -2.66. The molecule has 0 saturated heterocycles. The zero-order valence-electron chi connectivity index (χ0n) is 16.9. The first-order valence-electron chi connectivity index (χ1n) is 10.5. The molecule has 1 aromatic heterocycles. The smallest absolute Gasteiger partial charge is 0.225 e. The molecule has 5 heteroatoms. The van der Waals surface area contributed by atoms with Crippen LogP contribution in [0.2, 0.25) is 0 Å². The molecule has 30 heavy (non-hydrogen) atoms. The van der Waals surface area contributed by atoms with E-state index in [1.807, 2.05) is 12.1 Å². The summed E-state index contributed by atoms with van der Waals surface area (Å²) in [6.07, 6.45) is 3.92. The van der Waals surface area contributed by atoms with Crippen LogP contribution in [0.3, 0.4) is 0 Å². The summed E-state index contributed by atoms with van der Waals surface area (Å²) in [5.41, 5.74) is 4.88. The topological polar surface area (TPSA) is 38.3 Å². The predicted molar refractivity (Wildman–Crippen MR) is 118 cm³/mol. The monoisotopic (exact) mass is 421 g/mol. The quantitative estimate of drug-likeness (QED) is 0.556. The van der Waals surface area contributed by atoms with Gasteiger partial charge in [0.25, 0.3) is 0 Å². The number of nitrogens with one attached hydrogen (secondary N) is 1. The summed E-state index contributed by atoms with van der Waals surface area (Å²) in [5.74, 6) is 1.43. The minimum absolute atomic E-state index is 0.0933. The fourth-order valence-corrected chi connectivity index (χ4v) is 6.02. The Kier molecular flexibility index (Phi) is 5.07. The lowest BCUT2D eigenvalue weighted by molar-refractivity contribution is -0.116. The SMILES string of the molecule is C[C@H]1CCc2c(sc3c2[C@H](c2ccc(OCc4ccc(F)cc4)cc2)CC(=O)N3)C1. The largest absolute Gasteiger partial charge is 0.489 e. The van der Waals surface area contributed by atoms with Crippen molar-refractivity contribution in [2.75, 3.05) is 5.32 Å². The maximum Gasteiger partial charge on any atom is 0.225 e. The van der Waals surface area contributed by atoms with E-state index in [1.54, 1.807) is 23.5 Å². The number of carbonyl (C=O) groups excluding carboxylic acids is 1. The number of rotatable bonds is 4. The Bertz CT molecular complexity index is 1070. The molecule has 1 N–H and O–H groups in total. The van der Waals surface area contributed by atoms with E-state index in [-0.39, 0.29) is 17.6 Å². The van der Waals surface area contributed by atoms with Crippen molar-refractivity contribution in [3.8, 4) is 5.75 Å². The molecular formula is C25H24FNO2S. The van der Waals surface area contributed by atoms with Crippen molar-refractivity contribution < 1.29 is 13.9 Å². The van der Waals surface area contributed by atoms with Crippen LogP contribution >= 0.6 is 11.3 Å². The van der Waals surface area contributed by atoms with E-state index in [0.717, 1.165) is 34.7 Å². The summed E-state index contributed by atoms with van der Waals surface area (Å²) < 4.78 is 18.9. The Labute approximate surface area is 179 Å². The van der Waals surface area contributed by atoms with E-state index >= 15 is 0 Å². The van der Waals surface area contributed by atoms with Crippen LogP contribution in [0.5, 0.6) is 5.75 Å². The van der Waals surface area contributed by atoms with Crippen molar-refractivity contribution in [3.05, 3.63) is 81.5 Å². The molecule has 2 aromatic carbocycles. The van der Waals surface area contributed by atoms with Gasteiger partial charge in [-0.05, 0) is 71.7 Å². The van der Waals surface area contributed by atoms with Crippen LogP contribution in [0.15, 0.2) is 48.5 Å². The number of carbonyl (C=O) groups is 1. The van der Waals surface area contributed by atoms with Gasteiger partial charge in [0, 0.05) is 17.2 Å². The molecule has 3 aromatic rings.